The molecular weight excluding hydrogens is 398 g/mol. The van der Waals surface area contributed by atoms with Crippen LogP contribution in [0.2, 0.25) is 0 Å². The summed E-state index contributed by atoms with van der Waals surface area (Å²) < 4.78 is 37.2. The van der Waals surface area contributed by atoms with Gasteiger partial charge in [-0.05, 0) is 52.3 Å². The summed E-state index contributed by atoms with van der Waals surface area (Å²) in [6.45, 7) is -0.437. The van der Waals surface area contributed by atoms with E-state index in [1.807, 2.05) is 0 Å². The molecule has 0 bridgehead atoms. The normalized spacial score (nSPS) is 11.0. The van der Waals surface area contributed by atoms with Crippen LogP contribution in [0.4, 0.5) is 5.69 Å². The third-order valence-electron chi connectivity index (χ3n) is 3.27. The first-order valence-electron chi connectivity index (χ1n) is 6.88. The standard InChI is InChI=1S/C16H16BrNO5S/c1-22-12-7-9-13(10-8-12)24(20,21)18(11-16(19)23-2)15-6-4-3-5-14(15)17/h3-10H,11H2,1-2H3. The highest BCUT2D eigenvalue weighted by Crippen LogP contribution is 2.31. The molecule has 0 saturated carbocycles. The molecule has 128 valence electrons. The number of halogens is 1. The highest BCUT2D eigenvalue weighted by molar-refractivity contribution is 9.10. The molecule has 0 aliphatic heterocycles. The van der Waals surface area contributed by atoms with E-state index in [1.54, 1.807) is 36.4 Å². The summed E-state index contributed by atoms with van der Waals surface area (Å²) in [7, 11) is -1.26. The van der Waals surface area contributed by atoms with Gasteiger partial charge in [0, 0.05) is 4.47 Å². The molecular formula is C16H16BrNO5S. The van der Waals surface area contributed by atoms with Crippen LogP contribution in [0.5, 0.6) is 5.75 Å². The molecule has 0 atom stereocenters. The van der Waals surface area contributed by atoms with E-state index in [0.29, 0.717) is 15.9 Å². The molecule has 2 aromatic rings. The number of para-hydroxylation sites is 1. The van der Waals surface area contributed by atoms with Crippen molar-refractivity contribution in [1.82, 2.24) is 0 Å². The summed E-state index contributed by atoms with van der Waals surface area (Å²) >= 11 is 3.32. The molecule has 8 heteroatoms. The molecule has 0 N–H and O–H groups in total. The molecule has 0 radical (unpaired) electrons. The van der Waals surface area contributed by atoms with Crippen LogP contribution < -0.4 is 9.04 Å². The van der Waals surface area contributed by atoms with Crippen molar-refractivity contribution < 1.29 is 22.7 Å². The second kappa shape index (κ2) is 7.67. The molecule has 0 heterocycles. The zero-order chi connectivity index (χ0) is 17.7. The maximum Gasteiger partial charge on any atom is 0.326 e. The number of benzene rings is 2. The number of nitrogens with zero attached hydrogens (tertiary/aromatic N) is 1. The Balaban J connectivity index is 2.52. The Kier molecular flexibility index (Phi) is 5.84. The number of carbonyl (C=O) groups is 1. The third kappa shape index (κ3) is 3.88. The summed E-state index contributed by atoms with van der Waals surface area (Å²) in [5.74, 6) is -0.128. The zero-order valence-electron chi connectivity index (χ0n) is 13.1. The van der Waals surface area contributed by atoms with Gasteiger partial charge in [0.25, 0.3) is 10.0 Å². The first-order valence-corrected chi connectivity index (χ1v) is 9.11. The van der Waals surface area contributed by atoms with Crippen molar-refractivity contribution in [2.24, 2.45) is 0 Å². The number of rotatable bonds is 6. The number of hydrogen-bond donors (Lipinski definition) is 0. The number of carbonyl (C=O) groups excluding carboxylic acids is 1. The Morgan fingerprint density at radius 2 is 1.71 bits per heavy atom. The van der Waals surface area contributed by atoms with E-state index in [9.17, 15) is 13.2 Å². The van der Waals surface area contributed by atoms with Gasteiger partial charge in [0.1, 0.15) is 12.3 Å². The van der Waals surface area contributed by atoms with Crippen molar-refractivity contribution in [3.05, 3.63) is 53.0 Å². The van der Waals surface area contributed by atoms with Crippen molar-refractivity contribution in [3.63, 3.8) is 0 Å². The van der Waals surface area contributed by atoms with E-state index in [2.05, 4.69) is 20.7 Å². The minimum Gasteiger partial charge on any atom is -0.497 e. The van der Waals surface area contributed by atoms with E-state index < -0.39 is 22.5 Å². The van der Waals surface area contributed by atoms with Gasteiger partial charge in [0.15, 0.2) is 0 Å². The van der Waals surface area contributed by atoms with E-state index in [1.165, 1.54) is 26.4 Å². The lowest BCUT2D eigenvalue weighted by Crippen LogP contribution is -2.36. The van der Waals surface area contributed by atoms with Crippen LogP contribution in [0.15, 0.2) is 57.9 Å². The maximum absolute atomic E-state index is 13.0. The summed E-state index contributed by atoms with van der Waals surface area (Å²) in [4.78, 5) is 11.8. The second-order valence-electron chi connectivity index (χ2n) is 4.71. The van der Waals surface area contributed by atoms with Crippen LogP contribution >= 0.6 is 15.9 Å². The van der Waals surface area contributed by atoms with Gasteiger partial charge in [-0.25, -0.2) is 8.42 Å². The predicted molar refractivity (Wildman–Crippen MR) is 93.7 cm³/mol. The highest BCUT2D eigenvalue weighted by Gasteiger charge is 2.28. The molecule has 0 fully saturated rings. The number of methoxy groups -OCH3 is 2. The van der Waals surface area contributed by atoms with Crippen molar-refractivity contribution >= 4 is 37.6 Å². The first kappa shape index (κ1) is 18.3. The Morgan fingerprint density at radius 1 is 1.08 bits per heavy atom. The molecule has 24 heavy (non-hydrogen) atoms. The van der Waals surface area contributed by atoms with Gasteiger partial charge in [-0.15, -0.1) is 0 Å². The summed E-state index contributed by atoms with van der Waals surface area (Å²) in [5, 5.41) is 0. The number of sulfonamides is 1. The van der Waals surface area contributed by atoms with Crippen LogP contribution in [-0.4, -0.2) is 35.2 Å². The smallest absolute Gasteiger partial charge is 0.326 e. The third-order valence-corrected chi connectivity index (χ3v) is 5.71. The van der Waals surface area contributed by atoms with E-state index in [4.69, 9.17) is 4.74 Å². The molecule has 0 amide bonds. The van der Waals surface area contributed by atoms with Gasteiger partial charge in [-0.3, -0.25) is 9.10 Å². The summed E-state index contributed by atoms with van der Waals surface area (Å²) in [5.41, 5.74) is 0.346. The minimum absolute atomic E-state index is 0.0444. The minimum atomic E-state index is -3.96. The molecule has 2 rings (SSSR count). The number of esters is 1. The van der Waals surface area contributed by atoms with Gasteiger partial charge < -0.3 is 9.47 Å². The van der Waals surface area contributed by atoms with Gasteiger partial charge >= 0.3 is 5.97 Å². The number of anilines is 1. The molecule has 0 spiro atoms. The van der Waals surface area contributed by atoms with Crippen LogP contribution in [-0.2, 0) is 19.6 Å². The monoisotopic (exact) mass is 413 g/mol. The fourth-order valence-electron chi connectivity index (χ4n) is 2.01. The SMILES string of the molecule is COC(=O)CN(c1ccccc1Br)S(=O)(=O)c1ccc(OC)cc1. The molecule has 0 saturated heterocycles. The average Bonchev–Trinajstić information content (AvgIpc) is 2.60. The lowest BCUT2D eigenvalue weighted by atomic mass is 10.3. The van der Waals surface area contributed by atoms with Crippen molar-refractivity contribution in [2.45, 2.75) is 4.90 Å². The van der Waals surface area contributed by atoms with Crippen LogP contribution in [0, 0.1) is 0 Å². The van der Waals surface area contributed by atoms with E-state index in [0.717, 1.165) is 4.31 Å². The van der Waals surface area contributed by atoms with Crippen molar-refractivity contribution in [1.29, 1.82) is 0 Å². The largest absolute Gasteiger partial charge is 0.497 e. The molecule has 6 nitrogen and oxygen atoms in total. The lowest BCUT2D eigenvalue weighted by molar-refractivity contribution is -0.138. The highest BCUT2D eigenvalue weighted by atomic mass is 79.9. The number of hydrogen-bond acceptors (Lipinski definition) is 5. The maximum atomic E-state index is 13.0. The van der Waals surface area contributed by atoms with Crippen LogP contribution in [0.3, 0.4) is 0 Å². The second-order valence-corrected chi connectivity index (χ2v) is 7.43. The summed E-state index contributed by atoms with van der Waals surface area (Å²) in [6, 6.07) is 12.7. The van der Waals surface area contributed by atoms with Crippen molar-refractivity contribution in [3.8, 4) is 5.75 Å². The quantitative estimate of drug-likeness (QED) is 0.680. The topological polar surface area (TPSA) is 72.9 Å². The van der Waals surface area contributed by atoms with Crippen LogP contribution in [0.1, 0.15) is 0 Å². The Bertz CT molecular complexity index is 821. The number of ether oxygens (including phenoxy) is 2. The fourth-order valence-corrected chi connectivity index (χ4v) is 4.05. The van der Waals surface area contributed by atoms with Crippen LogP contribution in [0.25, 0.3) is 0 Å². The summed E-state index contributed by atoms with van der Waals surface area (Å²) in [6.07, 6.45) is 0. The lowest BCUT2D eigenvalue weighted by Gasteiger charge is -2.24. The zero-order valence-corrected chi connectivity index (χ0v) is 15.5. The van der Waals surface area contributed by atoms with Gasteiger partial charge in [0.05, 0.1) is 24.8 Å². The first-order chi connectivity index (χ1) is 11.4. The Labute approximate surface area is 149 Å². The molecule has 0 aromatic heterocycles. The Morgan fingerprint density at radius 3 is 2.25 bits per heavy atom. The fraction of sp³-hybridized carbons (Fsp3) is 0.188. The van der Waals surface area contributed by atoms with Gasteiger partial charge in [0.2, 0.25) is 0 Å². The molecule has 0 aliphatic carbocycles. The van der Waals surface area contributed by atoms with E-state index >= 15 is 0 Å². The molecule has 0 aliphatic rings. The predicted octanol–water partition coefficient (Wildman–Crippen LogP) is 2.83. The Hall–Kier alpha value is -2.06. The van der Waals surface area contributed by atoms with Gasteiger partial charge in [-0.2, -0.15) is 0 Å². The molecule has 2 aromatic carbocycles. The van der Waals surface area contributed by atoms with Gasteiger partial charge in [-0.1, -0.05) is 12.1 Å². The average molecular weight is 414 g/mol. The molecule has 0 unspecified atom stereocenters. The van der Waals surface area contributed by atoms with Crippen molar-refractivity contribution in [2.75, 3.05) is 25.1 Å². The van der Waals surface area contributed by atoms with E-state index in [-0.39, 0.29) is 4.90 Å².